The molecule has 1 heterocycles. The summed E-state index contributed by atoms with van der Waals surface area (Å²) in [6.07, 6.45) is 0.969. The van der Waals surface area contributed by atoms with Crippen molar-refractivity contribution < 1.29 is 9.13 Å². The molecular weight excluding hydrogens is 309 g/mol. The minimum Gasteiger partial charge on any atom is -0.497 e. The third-order valence-electron chi connectivity index (χ3n) is 3.30. The van der Waals surface area contributed by atoms with Crippen molar-refractivity contribution in [3.63, 3.8) is 0 Å². The summed E-state index contributed by atoms with van der Waals surface area (Å²) in [4.78, 5) is 0.951. The van der Waals surface area contributed by atoms with E-state index in [4.69, 9.17) is 16.3 Å². The zero-order valence-electron chi connectivity index (χ0n) is 12.4. The van der Waals surface area contributed by atoms with Gasteiger partial charge in [-0.1, -0.05) is 24.6 Å². The molecule has 2 rings (SSSR count). The van der Waals surface area contributed by atoms with E-state index in [0.29, 0.717) is 16.3 Å². The van der Waals surface area contributed by atoms with Gasteiger partial charge in [-0.3, -0.25) is 0 Å². The second-order valence-corrected chi connectivity index (χ2v) is 6.16. The number of benzene rings is 1. The third-order valence-corrected chi connectivity index (χ3v) is 5.08. The molecule has 0 aliphatic rings. The Morgan fingerprint density at radius 3 is 2.71 bits per heavy atom. The number of ether oxygens (including phenoxy) is 1. The molecule has 0 spiro atoms. The fraction of sp³-hybridized carbons (Fsp3) is 0.375. The van der Waals surface area contributed by atoms with Gasteiger partial charge in [-0.05, 0) is 36.9 Å². The van der Waals surface area contributed by atoms with Crippen LogP contribution in [0.1, 0.15) is 35.4 Å². The molecule has 0 radical (unpaired) electrons. The molecule has 0 aliphatic heterocycles. The largest absolute Gasteiger partial charge is 0.497 e. The van der Waals surface area contributed by atoms with E-state index in [1.165, 1.54) is 13.2 Å². The Labute approximate surface area is 133 Å². The van der Waals surface area contributed by atoms with E-state index in [1.807, 2.05) is 12.3 Å². The highest BCUT2D eigenvalue weighted by atomic mass is 35.5. The van der Waals surface area contributed by atoms with Gasteiger partial charge in [0, 0.05) is 16.5 Å². The highest BCUT2D eigenvalue weighted by molar-refractivity contribution is 7.10. The van der Waals surface area contributed by atoms with Gasteiger partial charge in [0.25, 0.3) is 0 Å². The van der Waals surface area contributed by atoms with Crippen LogP contribution in [0.25, 0.3) is 0 Å². The van der Waals surface area contributed by atoms with Crippen molar-refractivity contribution in [2.75, 3.05) is 13.7 Å². The predicted octanol–water partition coefficient (Wildman–Crippen LogP) is 4.95. The third kappa shape index (κ3) is 3.57. The lowest BCUT2D eigenvalue weighted by atomic mass is 10.0. The van der Waals surface area contributed by atoms with Gasteiger partial charge >= 0.3 is 0 Å². The van der Waals surface area contributed by atoms with Crippen molar-refractivity contribution in [2.24, 2.45) is 0 Å². The average molecular weight is 328 g/mol. The Kier molecular flexibility index (Phi) is 5.62. The quantitative estimate of drug-likeness (QED) is 0.810. The second-order valence-electron chi connectivity index (χ2n) is 4.87. The normalized spacial score (nSPS) is 12.4. The molecule has 1 aromatic heterocycles. The summed E-state index contributed by atoms with van der Waals surface area (Å²) in [5, 5.41) is 6.09. The molecule has 2 aromatic rings. The summed E-state index contributed by atoms with van der Waals surface area (Å²) < 4.78 is 19.4. The maximum atomic E-state index is 14.4. The molecule has 1 unspecified atom stereocenters. The summed E-state index contributed by atoms with van der Waals surface area (Å²) >= 11 is 7.92. The lowest BCUT2D eigenvalue weighted by Gasteiger charge is -2.19. The van der Waals surface area contributed by atoms with Gasteiger partial charge in [0.1, 0.15) is 11.6 Å². The van der Waals surface area contributed by atoms with Gasteiger partial charge in [0.15, 0.2) is 0 Å². The molecule has 1 N–H and O–H groups in total. The predicted molar refractivity (Wildman–Crippen MR) is 87.2 cm³/mol. The van der Waals surface area contributed by atoms with E-state index >= 15 is 0 Å². The second kappa shape index (κ2) is 7.25. The van der Waals surface area contributed by atoms with Crippen LogP contribution in [0, 0.1) is 12.7 Å². The SMILES string of the molecule is CCCNC(c1ccc(OC)cc1F)c1scc(C)c1Cl. The average Bonchev–Trinajstić information content (AvgIpc) is 2.81. The monoisotopic (exact) mass is 327 g/mol. The number of aryl methyl sites for hydroxylation is 1. The summed E-state index contributed by atoms with van der Waals surface area (Å²) in [6, 6.07) is 4.70. The van der Waals surface area contributed by atoms with Crippen LogP contribution < -0.4 is 10.1 Å². The molecule has 114 valence electrons. The Morgan fingerprint density at radius 1 is 1.43 bits per heavy atom. The van der Waals surface area contributed by atoms with Crippen LogP contribution in [0.15, 0.2) is 23.6 Å². The van der Waals surface area contributed by atoms with Crippen LogP contribution in [0.5, 0.6) is 5.75 Å². The highest BCUT2D eigenvalue weighted by Gasteiger charge is 2.22. The fourth-order valence-electron chi connectivity index (χ4n) is 2.15. The van der Waals surface area contributed by atoms with Gasteiger partial charge in [0.05, 0.1) is 18.2 Å². The Balaban J connectivity index is 2.43. The number of halogens is 2. The van der Waals surface area contributed by atoms with Gasteiger partial charge in [-0.2, -0.15) is 0 Å². The number of nitrogens with one attached hydrogen (secondary N) is 1. The zero-order chi connectivity index (χ0) is 15.4. The van der Waals surface area contributed by atoms with Crippen LogP contribution in [0.2, 0.25) is 5.02 Å². The van der Waals surface area contributed by atoms with Crippen LogP contribution in [-0.2, 0) is 0 Å². The molecule has 0 saturated heterocycles. The molecule has 0 fully saturated rings. The fourth-order valence-corrected chi connectivity index (χ4v) is 3.54. The molecule has 0 aliphatic carbocycles. The van der Waals surface area contributed by atoms with Gasteiger partial charge < -0.3 is 10.1 Å². The van der Waals surface area contributed by atoms with Crippen LogP contribution in [0.4, 0.5) is 4.39 Å². The molecule has 21 heavy (non-hydrogen) atoms. The van der Waals surface area contributed by atoms with E-state index in [-0.39, 0.29) is 11.9 Å². The molecule has 1 aromatic carbocycles. The van der Waals surface area contributed by atoms with E-state index in [2.05, 4.69) is 12.2 Å². The molecule has 0 amide bonds. The lowest BCUT2D eigenvalue weighted by molar-refractivity contribution is 0.410. The minimum atomic E-state index is -0.287. The zero-order valence-corrected chi connectivity index (χ0v) is 13.9. The number of rotatable bonds is 6. The smallest absolute Gasteiger partial charge is 0.132 e. The molecule has 0 bridgehead atoms. The molecular formula is C16H19ClFNOS. The van der Waals surface area contributed by atoms with E-state index in [1.54, 1.807) is 23.5 Å². The van der Waals surface area contributed by atoms with Crippen molar-refractivity contribution in [1.29, 1.82) is 0 Å². The minimum absolute atomic E-state index is 0.234. The van der Waals surface area contributed by atoms with Crippen molar-refractivity contribution in [1.82, 2.24) is 5.32 Å². The molecule has 0 saturated carbocycles. The number of thiophene rings is 1. The summed E-state index contributed by atoms with van der Waals surface area (Å²) in [6.45, 7) is 4.84. The Morgan fingerprint density at radius 2 is 2.19 bits per heavy atom. The van der Waals surface area contributed by atoms with Crippen molar-refractivity contribution in [3.8, 4) is 5.75 Å². The van der Waals surface area contributed by atoms with Gasteiger partial charge in [-0.15, -0.1) is 11.3 Å². The first kappa shape index (κ1) is 16.3. The van der Waals surface area contributed by atoms with Crippen molar-refractivity contribution in [2.45, 2.75) is 26.3 Å². The van der Waals surface area contributed by atoms with Crippen LogP contribution in [-0.4, -0.2) is 13.7 Å². The first-order valence-electron chi connectivity index (χ1n) is 6.88. The molecule has 5 heteroatoms. The standard InChI is InChI=1S/C16H19ClFNOS/c1-4-7-19-15(16-14(17)10(2)9-21-16)12-6-5-11(20-3)8-13(12)18/h5-6,8-9,15,19H,4,7H2,1-3H3. The lowest BCUT2D eigenvalue weighted by Crippen LogP contribution is -2.23. The Bertz CT molecular complexity index is 614. The molecule has 2 nitrogen and oxygen atoms in total. The Hall–Kier alpha value is -1.10. The van der Waals surface area contributed by atoms with Gasteiger partial charge in [0.2, 0.25) is 0 Å². The number of methoxy groups -OCH3 is 1. The number of hydrogen-bond acceptors (Lipinski definition) is 3. The molecule has 1 atom stereocenters. The maximum absolute atomic E-state index is 14.4. The van der Waals surface area contributed by atoms with Crippen LogP contribution in [0.3, 0.4) is 0 Å². The first-order valence-corrected chi connectivity index (χ1v) is 8.14. The van der Waals surface area contributed by atoms with Crippen molar-refractivity contribution >= 4 is 22.9 Å². The van der Waals surface area contributed by atoms with E-state index in [9.17, 15) is 4.39 Å². The number of hydrogen-bond donors (Lipinski definition) is 1. The summed E-state index contributed by atoms with van der Waals surface area (Å²) in [5.74, 6) is 0.226. The maximum Gasteiger partial charge on any atom is 0.132 e. The topological polar surface area (TPSA) is 21.3 Å². The summed E-state index contributed by atoms with van der Waals surface area (Å²) in [7, 11) is 1.53. The van der Waals surface area contributed by atoms with E-state index in [0.717, 1.165) is 23.4 Å². The van der Waals surface area contributed by atoms with Crippen molar-refractivity contribution in [3.05, 3.63) is 50.4 Å². The first-order chi connectivity index (χ1) is 10.1. The van der Waals surface area contributed by atoms with Crippen LogP contribution >= 0.6 is 22.9 Å². The van der Waals surface area contributed by atoms with Gasteiger partial charge in [-0.25, -0.2) is 4.39 Å². The summed E-state index contributed by atoms with van der Waals surface area (Å²) in [5.41, 5.74) is 1.61. The van der Waals surface area contributed by atoms with E-state index < -0.39 is 0 Å². The highest BCUT2D eigenvalue weighted by Crippen LogP contribution is 2.37.